The average Bonchev–Trinajstić information content (AvgIpc) is 3.07. The largest absolute Gasteiger partial charge is 0.358 e. The van der Waals surface area contributed by atoms with Gasteiger partial charge < -0.3 is 10.6 Å². The summed E-state index contributed by atoms with van der Waals surface area (Å²) in [4.78, 5) is 26.6. The first-order chi connectivity index (χ1) is 9.46. The monoisotopic (exact) mass is 317 g/mol. The van der Waals surface area contributed by atoms with Crippen LogP contribution in [0, 0.1) is 0 Å². The van der Waals surface area contributed by atoms with Crippen molar-refractivity contribution in [3.63, 3.8) is 0 Å². The van der Waals surface area contributed by atoms with Crippen LogP contribution in [0.2, 0.25) is 0 Å². The van der Waals surface area contributed by atoms with Crippen LogP contribution in [0.15, 0.2) is 0 Å². The molecule has 1 aliphatic heterocycles. The molecule has 2 N–H and O–H groups in total. The van der Waals surface area contributed by atoms with Crippen LogP contribution in [0.25, 0.3) is 0 Å². The first-order valence-electron chi connectivity index (χ1n) is 7.76. The molecule has 122 valence electrons. The zero-order valence-electron chi connectivity index (χ0n) is 13.3. The van der Waals surface area contributed by atoms with Crippen LogP contribution in [0.4, 0.5) is 0 Å². The molecular formula is C15H28ClN3O2. The van der Waals surface area contributed by atoms with Crippen LogP contribution in [-0.4, -0.2) is 47.9 Å². The van der Waals surface area contributed by atoms with E-state index in [9.17, 15) is 9.59 Å². The van der Waals surface area contributed by atoms with E-state index in [1.165, 1.54) is 12.8 Å². The van der Waals surface area contributed by atoms with E-state index in [-0.39, 0.29) is 30.3 Å². The molecule has 1 saturated carbocycles. The lowest BCUT2D eigenvalue weighted by atomic mass is 10.00. The van der Waals surface area contributed by atoms with Gasteiger partial charge in [0.05, 0.1) is 11.6 Å². The SMILES string of the molecule is CNC(=O)C(C)(C)N1CCC[C@H]1C(=O)NC1CCCC1.Cl. The predicted molar refractivity (Wildman–Crippen MR) is 85.5 cm³/mol. The molecular weight excluding hydrogens is 290 g/mol. The Hall–Kier alpha value is -0.810. The van der Waals surface area contributed by atoms with Gasteiger partial charge in [-0.1, -0.05) is 12.8 Å². The Morgan fingerprint density at radius 2 is 1.71 bits per heavy atom. The number of carbonyl (C=O) groups excluding carboxylic acids is 2. The summed E-state index contributed by atoms with van der Waals surface area (Å²) in [5, 5.41) is 5.87. The van der Waals surface area contributed by atoms with Crippen molar-refractivity contribution in [1.29, 1.82) is 0 Å². The molecule has 0 aromatic heterocycles. The number of halogens is 1. The maximum Gasteiger partial charge on any atom is 0.239 e. The summed E-state index contributed by atoms with van der Waals surface area (Å²) in [7, 11) is 1.65. The number of hydrogen-bond acceptors (Lipinski definition) is 3. The number of likely N-dealkylation sites (N-methyl/N-ethyl adjacent to an activating group) is 1. The Morgan fingerprint density at radius 1 is 1.10 bits per heavy atom. The summed E-state index contributed by atoms with van der Waals surface area (Å²) >= 11 is 0. The lowest BCUT2D eigenvalue weighted by Crippen LogP contribution is -2.59. The first-order valence-corrected chi connectivity index (χ1v) is 7.76. The van der Waals surface area contributed by atoms with Gasteiger partial charge in [-0.15, -0.1) is 12.4 Å². The van der Waals surface area contributed by atoms with Gasteiger partial charge in [0.25, 0.3) is 0 Å². The van der Waals surface area contributed by atoms with E-state index in [0.717, 1.165) is 32.2 Å². The Morgan fingerprint density at radius 3 is 2.29 bits per heavy atom. The molecule has 0 aromatic rings. The summed E-state index contributed by atoms with van der Waals surface area (Å²) < 4.78 is 0. The second-order valence-electron chi connectivity index (χ2n) is 6.48. The fourth-order valence-corrected chi connectivity index (χ4v) is 3.51. The Kier molecular flexibility index (Phi) is 6.47. The first kappa shape index (κ1) is 18.2. The van der Waals surface area contributed by atoms with Crippen molar-refractivity contribution in [2.24, 2.45) is 0 Å². The van der Waals surface area contributed by atoms with Gasteiger partial charge >= 0.3 is 0 Å². The highest BCUT2D eigenvalue weighted by Gasteiger charge is 2.43. The fraction of sp³-hybridized carbons (Fsp3) is 0.867. The van der Waals surface area contributed by atoms with Crippen molar-refractivity contribution in [3.05, 3.63) is 0 Å². The summed E-state index contributed by atoms with van der Waals surface area (Å²) in [5.41, 5.74) is -0.636. The number of likely N-dealkylation sites (tertiary alicyclic amines) is 1. The van der Waals surface area contributed by atoms with Crippen molar-refractivity contribution >= 4 is 24.2 Å². The molecule has 1 aliphatic carbocycles. The number of carbonyl (C=O) groups is 2. The lowest BCUT2D eigenvalue weighted by molar-refractivity contribution is -0.136. The van der Waals surface area contributed by atoms with Crippen molar-refractivity contribution in [2.75, 3.05) is 13.6 Å². The molecule has 1 heterocycles. The second-order valence-corrected chi connectivity index (χ2v) is 6.48. The molecule has 5 nitrogen and oxygen atoms in total. The summed E-state index contributed by atoms with van der Waals surface area (Å²) in [6.07, 6.45) is 6.43. The summed E-state index contributed by atoms with van der Waals surface area (Å²) in [5.74, 6) is 0.0736. The van der Waals surface area contributed by atoms with Gasteiger partial charge in [0, 0.05) is 19.6 Å². The zero-order chi connectivity index (χ0) is 14.8. The smallest absolute Gasteiger partial charge is 0.239 e. The number of nitrogens with zero attached hydrogens (tertiary/aromatic N) is 1. The standard InChI is InChI=1S/C15H27N3O2.ClH/c1-15(2,14(20)16-3)18-10-6-9-12(18)13(19)17-11-7-4-5-8-11;/h11-12H,4-10H2,1-3H3,(H,16,20)(H,17,19);1H/t12-;/m0./s1. The molecule has 0 aromatic carbocycles. The molecule has 2 fully saturated rings. The van der Waals surface area contributed by atoms with Crippen molar-refractivity contribution in [3.8, 4) is 0 Å². The third-order valence-corrected chi connectivity index (χ3v) is 4.76. The lowest BCUT2D eigenvalue weighted by Gasteiger charge is -2.37. The molecule has 1 atom stereocenters. The van der Waals surface area contributed by atoms with Gasteiger partial charge in [0.1, 0.15) is 0 Å². The van der Waals surface area contributed by atoms with E-state index in [4.69, 9.17) is 0 Å². The predicted octanol–water partition coefficient (Wildman–Crippen LogP) is 1.46. The van der Waals surface area contributed by atoms with Crippen LogP contribution >= 0.6 is 12.4 Å². The van der Waals surface area contributed by atoms with Crippen LogP contribution in [0.1, 0.15) is 52.4 Å². The number of amides is 2. The Bertz CT molecular complexity index is 381. The number of nitrogens with one attached hydrogen (secondary N) is 2. The minimum Gasteiger partial charge on any atom is -0.358 e. The van der Waals surface area contributed by atoms with E-state index < -0.39 is 5.54 Å². The molecule has 21 heavy (non-hydrogen) atoms. The highest BCUT2D eigenvalue weighted by atomic mass is 35.5. The van der Waals surface area contributed by atoms with Gasteiger partial charge in [-0.05, 0) is 39.5 Å². The highest BCUT2D eigenvalue weighted by molar-refractivity contribution is 5.88. The molecule has 0 radical (unpaired) electrons. The quantitative estimate of drug-likeness (QED) is 0.825. The van der Waals surface area contributed by atoms with Crippen LogP contribution in [0.5, 0.6) is 0 Å². The van der Waals surface area contributed by atoms with Crippen LogP contribution in [0.3, 0.4) is 0 Å². The summed E-state index contributed by atoms with van der Waals surface area (Å²) in [6, 6.07) is 0.177. The maximum atomic E-state index is 12.5. The van der Waals surface area contributed by atoms with Crippen molar-refractivity contribution in [1.82, 2.24) is 15.5 Å². The normalized spacial score (nSPS) is 23.7. The van der Waals surface area contributed by atoms with E-state index in [1.807, 2.05) is 13.8 Å². The van der Waals surface area contributed by atoms with E-state index in [0.29, 0.717) is 6.04 Å². The highest BCUT2D eigenvalue weighted by Crippen LogP contribution is 2.28. The molecule has 1 saturated heterocycles. The van der Waals surface area contributed by atoms with Gasteiger partial charge in [-0.3, -0.25) is 14.5 Å². The number of rotatable bonds is 4. The van der Waals surface area contributed by atoms with Crippen LogP contribution in [-0.2, 0) is 9.59 Å². The fourth-order valence-electron chi connectivity index (χ4n) is 3.51. The average molecular weight is 318 g/mol. The van der Waals surface area contributed by atoms with Gasteiger partial charge in [-0.2, -0.15) is 0 Å². The minimum atomic E-state index is -0.636. The third-order valence-electron chi connectivity index (χ3n) is 4.76. The molecule has 6 heteroatoms. The van der Waals surface area contributed by atoms with Gasteiger partial charge in [-0.25, -0.2) is 0 Å². The topological polar surface area (TPSA) is 61.4 Å². The van der Waals surface area contributed by atoms with Crippen molar-refractivity contribution in [2.45, 2.75) is 70.0 Å². The molecule has 0 bridgehead atoms. The molecule has 0 unspecified atom stereocenters. The summed E-state index contributed by atoms with van der Waals surface area (Å²) in [6.45, 7) is 4.60. The van der Waals surface area contributed by atoms with Crippen LogP contribution < -0.4 is 10.6 Å². The zero-order valence-corrected chi connectivity index (χ0v) is 14.1. The molecule has 2 aliphatic rings. The van der Waals surface area contributed by atoms with Gasteiger partial charge in [0.15, 0.2) is 0 Å². The molecule has 0 spiro atoms. The third kappa shape index (κ3) is 3.89. The second kappa shape index (κ2) is 7.45. The minimum absolute atomic E-state index is 0. The maximum absolute atomic E-state index is 12.5. The van der Waals surface area contributed by atoms with E-state index in [2.05, 4.69) is 15.5 Å². The van der Waals surface area contributed by atoms with Gasteiger partial charge in [0.2, 0.25) is 11.8 Å². The van der Waals surface area contributed by atoms with Crippen molar-refractivity contribution < 1.29 is 9.59 Å². The Labute approximate surface area is 133 Å². The van der Waals surface area contributed by atoms with E-state index in [1.54, 1.807) is 7.05 Å². The van der Waals surface area contributed by atoms with E-state index >= 15 is 0 Å². The number of hydrogen-bond donors (Lipinski definition) is 2. The molecule has 2 amide bonds. The Balaban J connectivity index is 0.00000220. The molecule has 2 rings (SSSR count).